The third-order valence-corrected chi connectivity index (χ3v) is 6.02. The highest BCUT2D eigenvalue weighted by Crippen LogP contribution is 2.36. The fraction of sp³-hybridized carbons (Fsp3) is 0.360. The molecule has 0 radical (unpaired) electrons. The van der Waals surface area contributed by atoms with Crippen molar-refractivity contribution in [1.82, 2.24) is 9.80 Å². The van der Waals surface area contributed by atoms with E-state index in [1.165, 1.54) is 6.42 Å². The van der Waals surface area contributed by atoms with Crippen molar-refractivity contribution >= 4 is 17.4 Å². The van der Waals surface area contributed by atoms with Gasteiger partial charge < -0.3 is 4.90 Å². The maximum Gasteiger partial charge on any atom is 0.278 e. The van der Waals surface area contributed by atoms with E-state index in [1.54, 1.807) is 4.90 Å². The molecular weight excluding hydrogens is 360 g/mol. The van der Waals surface area contributed by atoms with Gasteiger partial charge >= 0.3 is 0 Å². The Hall–Kier alpha value is -2.88. The number of carbonyl (C=O) groups excluding carboxylic acids is 2. The summed E-state index contributed by atoms with van der Waals surface area (Å²) < 4.78 is 0. The Morgan fingerprint density at radius 1 is 0.897 bits per heavy atom. The Morgan fingerprint density at radius 3 is 2.21 bits per heavy atom. The van der Waals surface area contributed by atoms with Crippen LogP contribution in [0, 0.1) is 6.92 Å². The highest BCUT2D eigenvalue weighted by atomic mass is 16.2. The molecule has 150 valence electrons. The molecule has 0 bridgehead atoms. The van der Waals surface area contributed by atoms with Crippen LogP contribution in [0.1, 0.15) is 48.8 Å². The molecule has 2 aromatic carbocycles. The van der Waals surface area contributed by atoms with Gasteiger partial charge in [0.2, 0.25) is 0 Å². The van der Waals surface area contributed by atoms with Crippen LogP contribution in [-0.2, 0) is 16.1 Å². The zero-order valence-corrected chi connectivity index (χ0v) is 17.2. The lowest BCUT2D eigenvalue weighted by Crippen LogP contribution is -2.43. The molecule has 4 rings (SSSR count). The summed E-state index contributed by atoms with van der Waals surface area (Å²) in [7, 11) is 1.91. The van der Waals surface area contributed by atoms with E-state index >= 15 is 0 Å². The summed E-state index contributed by atoms with van der Waals surface area (Å²) >= 11 is 0. The quantitative estimate of drug-likeness (QED) is 0.706. The van der Waals surface area contributed by atoms with Crippen molar-refractivity contribution in [3.05, 3.63) is 77.0 Å². The topological polar surface area (TPSA) is 40.6 Å². The maximum atomic E-state index is 13.5. The fourth-order valence-corrected chi connectivity index (χ4v) is 4.48. The van der Waals surface area contributed by atoms with Crippen LogP contribution in [0.2, 0.25) is 0 Å². The third kappa shape index (κ3) is 3.84. The SMILES string of the molecule is Cc1ccc(C2=C(N(C)Cc3ccccc3)C(=O)N(C3CCCCC3)C2=O)cc1. The van der Waals surface area contributed by atoms with E-state index in [0.29, 0.717) is 17.8 Å². The fourth-order valence-electron chi connectivity index (χ4n) is 4.48. The lowest BCUT2D eigenvalue weighted by molar-refractivity contribution is -0.140. The molecular formula is C25H28N2O2. The molecule has 4 heteroatoms. The van der Waals surface area contributed by atoms with Crippen LogP contribution in [0.15, 0.2) is 60.3 Å². The Bertz CT molecular complexity index is 925. The molecule has 1 aliphatic carbocycles. The minimum Gasteiger partial charge on any atom is -0.365 e. The van der Waals surface area contributed by atoms with Crippen LogP contribution < -0.4 is 0 Å². The van der Waals surface area contributed by atoms with Crippen LogP contribution in [0.5, 0.6) is 0 Å². The van der Waals surface area contributed by atoms with E-state index in [9.17, 15) is 9.59 Å². The first-order valence-electron chi connectivity index (χ1n) is 10.5. The molecule has 4 nitrogen and oxygen atoms in total. The predicted molar refractivity (Wildman–Crippen MR) is 115 cm³/mol. The summed E-state index contributed by atoms with van der Waals surface area (Å²) in [5, 5.41) is 0. The van der Waals surface area contributed by atoms with Crippen LogP contribution in [-0.4, -0.2) is 34.7 Å². The van der Waals surface area contributed by atoms with Crippen molar-refractivity contribution in [2.24, 2.45) is 0 Å². The number of benzene rings is 2. The summed E-state index contributed by atoms with van der Waals surface area (Å²) in [6.45, 7) is 2.61. The lowest BCUT2D eigenvalue weighted by Gasteiger charge is -2.30. The maximum absolute atomic E-state index is 13.5. The van der Waals surface area contributed by atoms with Crippen molar-refractivity contribution in [3.8, 4) is 0 Å². The van der Waals surface area contributed by atoms with Crippen molar-refractivity contribution in [3.63, 3.8) is 0 Å². The molecule has 0 spiro atoms. The number of aryl methyl sites for hydroxylation is 1. The van der Waals surface area contributed by atoms with Crippen molar-refractivity contribution < 1.29 is 9.59 Å². The summed E-state index contributed by atoms with van der Waals surface area (Å²) in [5.41, 5.74) is 4.13. The summed E-state index contributed by atoms with van der Waals surface area (Å²) in [6, 6.07) is 18.0. The third-order valence-electron chi connectivity index (χ3n) is 6.02. The molecule has 0 aromatic heterocycles. The molecule has 0 unspecified atom stereocenters. The average molecular weight is 389 g/mol. The summed E-state index contributed by atoms with van der Waals surface area (Å²) in [5.74, 6) is -0.281. The van der Waals surface area contributed by atoms with Gasteiger partial charge in [0.05, 0.1) is 5.57 Å². The normalized spacial score (nSPS) is 17.9. The number of rotatable bonds is 5. The monoisotopic (exact) mass is 388 g/mol. The highest BCUT2D eigenvalue weighted by Gasteiger charge is 2.44. The largest absolute Gasteiger partial charge is 0.365 e. The predicted octanol–water partition coefficient (Wildman–Crippen LogP) is 4.54. The van der Waals surface area contributed by atoms with E-state index in [1.807, 2.05) is 73.5 Å². The van der Waals surface area contributed by atoms with E-state index in [2.05, 4.69) is 0 Å². The zero-order chi connectivity index (χ0) is 20.4. The van der Waals surface area contributed by atoms with Gasteiger partial charge in [0, 0.05) is 19.6 Å². The summed E-state index contributed by atoms with van der Waals surface area (Å²) in [4.78, 5) is 30.5. The molecule has 1 fully saturated rings. The first-order chi connectivity index (χ1) is 14.1. The molecule has 29 heavy (non-hydrogen) atoms. The summed E-state index contributed by atoms with van der Waals surface area (Å²) in [6.07, 6.45) is 5.17. The van der Waals surface area contributed by atoms with E-state index < -0.39 is 0 Å². The van der Waals surface area contributed by atoms with Crippen molar-refractivity contribution in [2.45, 2.75) is 51.6 Å². The van der Waals surface area contributed by atoms with Crippen LogP contribution in [0.4, 0.5) is 0 Å². The van der Waals surface area contributed by atoms with Crippen LogP contribution in [0.3, 0.4) is 0 Å². The van der Waals surface area contributed by atoms with Crippen molar-refractivity contribution in [2.75, 3.05) is 7.05 Å². The molecule has 2 aromatic rings. The number of hydrogen-bond donors (Lipinski definition) is 0. The highest BCUT2D eigenvalue weighted by molar-refractivity contribution is 6.35. The van der Waals surface area contributed by atoms with E-state index in [4.69, 9.17) is 0 Å². The number of amides is 2. The zero-order valence-electron chi connectivity index (χ0n) is 17.2. The van der Waals surface area contributed by atoms with Gasteiger partial charge in [-0.1, -0.05) is 79.4 Å². The minimum absolute atomic E-state index is 0.0202. The van der Waals surface area contributed by atoms with Crippen LogP contribution >= 0.6 is 0 Å². The Kier molecular flexibility index (Phi) is 5.52. The average Bonchev–Trinajstić information content (AvgIpc) is 3.00. The standard InChI is InChI=1S/C25H28N2O2/c1-18-13-15-20(16-14-18)22-23(26(2)17-19-9-5-3-6-10-19)25(29)27(24(22)28)21-11-7-4-8-12-21/h3,5-6,9-10,13-16,21H,4,7-8,11-12,17H2,1-2H3. The molecule has 1 saturated carbocycles. The Balaban J connectivity index is 1.73. The Morgan fingerprint density at radius 2 is 1.55 bits per heavy atom. The molecule has 2 aliphatic rings. The van der Waals surface area contributed by atoms with Gasteiger partial charge in [0.15, 0.2) is 0 Å². The number of likely N-dealkylation sites (N-methyl/N-ethyl adjacent to an activating group) is 1. The molecule has 0 saturated heterocycles. The van der Waals surface area contributed by atoms with E-state index in [0.717, 1.165) is 42.4 Å². The molecule has 1 aliphatic heterocycles. The number of carbonyl (C=O) groups is 2. The van der Waals surface area contributed by atoms with Gasteiger partial charge in [-0.05, 0) is 30.9 Å². The molecule has 2 amide bonds. The van der Waals surface area contributed by atoms with Gasteiger partial charge in [-0.2, -0.15) is 0 Å². The lowest BCUT2D eigenvalue weighted by atomic mass is 9.94. The van der Waals surface area contributed by atoms with Gasteiger partial charge in [-0.15, -0.1) is 0 Å². The molecule has 1 heterocycles. The number of hydrogen-bond acceptors (Lipinski definition) is 3. The van der Waals surface area contributed by atoms with Crippen molar-refractivity contribution in [1.29, 1.82) is 0 Å². The van der Waals surface area contributed by atoms with Crippen LogP contribution in [0.25, 0.3) is 5.57 Å². The first-order valence-corrected chi connectivity index (χ1v) is 10.5. The van der Waals surface area contributed by atoms with Gasteiger partial charge in [0.25, 0.3) is 11.8 Å². The van der Waals surface area contributed by atoms with Gasteiger partial charge in [-0.25, -0.2) is 0 Å². The molecule has 0 atom stereocenters. The second kappa shape index (κ2) is 8.24. The number of imide groups is 1. The molecule has 0 N–H and O–H groups in total. The Labute approximate surface area is 172 Å². The smallest absolute Gasteiger partial charge is 0.278 e. The number of nitrogens with zero attached hydrogens (tertiary/aromatic N) is 2. The van der Waals surface area contributed by atoms with Gasteiger partial charge in [-0.3, -0.25) is 14.5 Å². The minimum atomic E-state index is -0.143. The second-order valence-electron chi connectivity index (χ2n) is 8.20. The van der Waals surface area contributed by atoms with Gasteiger partial charge in [0.1, 0.15) is 5.70 Å². The first kappa shape index (κ1) is 19.4. The van der Waals surface area contributed by atoms with E-state index in [-0.39, 0.29) is 17.9 Å². The second-order valence-corrected chi connectivity index (χ2v) is 8.20.